The van der Waals surface area contributed by atoms with E-state index in [0.717, 1.165) is 33.3 Å². The molecule has 174 valence electrons. The summed E-state index contributed by atoms with van der Waals surface area (Å²) in [4.78, 5) is 2.36. The van der Waals surface area contributed by atoms with E-state index in [-0.39, 0.29) is 0 Å². The molecule has 2 nitrogen and oxygen atoms in total. The second kappa shape index (κ2) is 7.95. The van der Waals surface area contributed by atoms with Crippen molar-refractivity contribution in [2.75, 3.05) is 4.90 Å². The molecule has 0 aliphatic carbocycles. The maximum Gasteiger partial charge on any atom is 0.137 e. The van der Waals surface area contributed by atoms with E-state index in [1.54, 1.807) is 0 Å². The average Bonchev–Trinajstić information content (AvgIpc) is 3.50. The van der Waals surface area contributed by atoms with Gasteiger partial charge in [0.15, 0.2) is 0 Å². The number of benzene rings is 6. The standard InChI is InChI=1S/C34H21NOS/c1-2-11-24(12-3-1)35(25-17-18-27-26-13-6-7-15-30(26)36-31(27)21-25)29-14-8-16-32-34(29)28-19-22-9-4-5-10-23(22)20-33(28)37-32/h1-21H. The van der Waals surface area contributed by atoms with Gasteiger partial charge in [-0.15, -0.1) is 11.3 Å². The summed E-state index contributed by atoms with van der Waals surface area (Å²) in [5.41, 5.74) is 5.17. The van der Waals surface area contributed by atoms with Gasteiger partial charge in [-0.2, -0.15) is 0 Å². The smallest absolute Gasteiger partial charge is 0.137 e. The zero-order valence-electron chi connectivity index (χ0n) is 19.9. The third kappa shape index (κ3) is 3.18. The summed E-state index contributed by atoms with van der Waals surface area (Å²) in [6.07, 6.45) is 0. The molecular formula is C34H21NOS. The number of furan rings is 1. The Morgan fingerprint density at radius 2 is 1.24 bits per heavy atom. The summed E-state index contributed by atoms with van der Waals surface area (Å²) in [6, 6.07) is 45.3. The first-order valence-electron chi connectivity index (χ1n) is 12.4. The van der Waals surface area contributed by atoms with Gasteiger partial charge in [0.1, 0.15) is 11.2 Å². The molecule has 0 atom stereocenters. The molecule has 0 spiro atoms. The molecule has 37 heavy (non-hydrogen) atoms. The van der Waals surface area contributed by atoms with Crippen molar-refractivity contribution < 1.29 is 4.42 Å². The number of hydrogen-bond donors (Lipinski definition) is 0. The zero-order chi connectivity index (χ0) is 24.3. The highest BCUT2D eigenvalue weighted by atomic mass is 32.1. The second-order valence-electron chi connectivity index (χ2n) is 9.40. The molecule has 3 heteroatoms. The molecule has 0 amide bonds. The van der Waals surface area contributed by atoms with Crippen LogP contribution in [-0.4, -0.2) is 0 Å². The molecule has 2 heterocycles. The van der Waals surface area contributed by atoms with Crippen molar-refractivity contribution in [1.82, 2.24) is 0 Å². The Balaban J connectivity index is 1.43. The van der Waals surface area contributed by atoms with Crippen molar-refractivity contribution in [2.45, 2.75) is 0 Å². The largest absolute Gasteiger partial charge is 0.456 e. The van der Waals surface area contributed by atoms with Crippen LogP contribution in [0.1, 0.15) is 0 Å². The van der Waals surface area contributed by atoms with E-state index in [9.17, 15) is 0 Å². The molecule has 0 aliphatic rings. The summed E-state index contributed by atoms with van der Waals surface area (Å²) in [5, 5.41) is 7.39. The lowest BCUT2D eigenvalue weighted by Gasteiger charge is -2.26. The number of thiophene rings is 1. The van der Waals surface area contributed by atoms with E-state index in [4.69, 9.17) is 4.42 Å². The van der Waals surface area contributed by atoms with E-state index in [2.05, 4.69) is 120 Å². The number of hydrogen-bond acceptors (Lipinski definition) is 3. The molecule has 0 saturated carbocycles. The van der Waals surface area contributed by atoms with Gasteiger partial charge in [0, 0.05) is 48.4 Å². The molecule has 0 N–H and O–H groups in total. The molecule has 0 bridgehead atoms. The topological polar surface area (TPSA) is 16.4 Å². The lowest BCUT2D eigenvalue weighted by molar-refractivity contribution is 0.669. The predicted molar refractivity (Wildman–Crippen MR) is 159 cm³/mol. The van der Waals surface area contributed by atoms with Gasteiger partial charge >= 0.3 is 0 Å². The Bertz CT molecular complexity index is 2100. The number of para-hydroxylation sites is 2. The number of nitrogens with zero attached hydrogens (tertiary/aromatic N) is 1. The van der Waals surface area contributed by atoms with Gasteiger partial charge in [0.2, 0.25) is 0 Å². The monoisotopic (exact) mass is 491 g/mol. The summed E-state index contributed by atoms with van der Waals surface area (Å²) < 4.78 is 8.87. The van der Waals surface area contributed by atoms with Gasteiger partial charge in [0.25, 0.3) is 0 Å². The Hall–Kier alpha value is -4.60. The molecule has 0 saturated heterocycles. The van der Waals surface area contributed by atoms with Gasteiger partial charge in [0.05, 0.1) is 5.69 Å². The second-order valence-corrected chi connectivity index (χ2v) is 10.5. The average molecular weight is 492 g/mol. The predicted octanol–water partition coefficient (Wildman–Crippen LogP) is 10.6. The molecule has 6 aromatic carbocycles. The lowest BCUT2D eigenvalue weighted by atomic mass is 10.0. The van der Waals surface area contributed by atoms with Gasteiger partial charge < -0.3 is 9.32 Å². The molecule has 0 radical (unpaired) electrons. The molecule has 8 aromatic rings. The van der Waals surface area contributed by atoms with Crippen LogP contribution >= 0.6 is 11.3 Å². The van der Waals surface area contributed by atoms with Crippen LogP contribution in [0.25, 0.3) is 52.9 Å². The molecule has 2 aromatic heterocycles. The number of rotatable bonds is 3. The third-order valence-electron chi connectivity index (χ3n) is 7.22. The minimum absolute atomic E-state index is 0.896. The highest BCUT2D eigenvalue weighted by Gasteiger charge is 2.19. The van der Waals surface area contributed by atoms with Crippen LogP contribution in [-0.2, 0) is 0 Å². The van der Waals surface area contributed by atoms with Crippen molar-refractivity contribution in [3.63, 3.8) is 0 Å². The first-order chi connectivity index (χ1) is 18.3. The number of anilines is 3. The maximum absolute atomic E-state index is 6.28. The van der Waals surface area contributed by atoms with Gasteiger partial charge in [-0.3, -0.25) is 0 Å². The fourth-order valence-electron chi connectivity index (χ4n) is 5.54. The van der Waals surface area contributed by atoms with Crippen LogP contribution < -0.4 is 4.90 Å². The van der Waals surface area contributed by atoms with E-state index >= 15 is 0 Å². The van der Waals surface area contributed by atoms with E-state index < -0.39 is 0 Å². The maximum atomic E-state index is 6.28. The fourth-order valence-corrected chi connectivity index (χ4v) is 6.69. The lowest BCUT2D eigenvalue weighted by Crippen LogP contribution is -2.10. The Morgan fingerprint density at radius 1 is 0.486 bits per heavy atom. The first-order valence-corrected chi connectivity index (χ1v) is 13.3. The molecular weight excluding hydrogens is 470 g/mol. The van der Waals surface area contributed by atoms with E-state index in [1.165, 1.54) is 36.6 Å². The van der Waals surface area contributed by atoms with Crippen LogP contribution in [0.15, 0.2) is 132 Å². The van der Waals surface area contributed by atoms with Crippen LogP contribution in [0.4, 0.5) is 17.1 Å². The van der Waals surface area contributed by atoms with Crippen LogP contribution in [0.5, 0.6) is 0 Å². The van der Waals surface area contributed by atoms with Crippen molar-refractivity contribution in [3.8, 4) is 0 Å². The summed E-state index contributed by atoms with van der Waals surface area (Å²) in [5.74, 6) is 0. The van der Waals surface area contributed by atoms with Crippen molar-refractivity contribution in [3.05, 3.63) is 127 Å². The van der Waals surface area contributed by atoms with Crippen molar-refractivity contribution in [2.24, 2.45) is 0 Å². The van der Waals surface area contributed by atoms with Crippen LogP contribution in [0.2, 0.25) is 0 Å². The van der Waals surface area contributed by atoms with Crippen LogP contribution in [0.3, 0.4) is 0 Å². The normalized spacial score (nSPS) is 11.8. The van der Waals surface area contributed by atoms with Gasteiger partial charge in [-0.1, -0.05) is 66.7 Å². The quantitative estimate of drug-likeness (QED) is 0.244. The minimum Gasteiger partial charge on any atom is -0.456 e. The summed E-state index contributed by atoms with van der Waals surface area (Å²) in [7, 11) is 0. The van der Waals surface area contributed by atoms with E-state index in [1.807, 2.05) is 23.5 Å². The third-order valence-corrected chi connectivity index (χ3v) is 8.34. The van der Waals surface area contributed by atoms with Gasteiger partial charge in [-0.25, -0.2) is 0 Å². The Labute approximate surface area is 217 Å². The molecule has 8 rings (SSSR count). The highest BCUT2D eigenvalue weighted by molar-refractivity contribution is 7.26. The van der Waals surface area contributed by atoms with Gasteiger partial charge in [-0.05, 0) is 65.4 Å². The zero-order valence-corrected chi connectivity index (χ0v) is 20.7. The first kappa shape index (κ1) is 20.6. The van der Waals surface area contributed by atoms with E-state index in [0.29, 0.717) is 0 Å². The molecule has 0 fully saturated rings. The minimum atomic E-state index is 0.896. The number of fused-ring (bicyclic) bond motifs is 7. The summed E-state index contributed by atoms with van der Waals surface area (Å²) in [6.45, 7) is 0. The van der Waals surface area contributed by atoms with Crippen molar-refractivity contribution >= 4 is 81.3 Å². The van der Waals surface area contributed by atoms with Crippen molar-refractivity contribution in [1.29, 1.82) is 0 Å². The summed E-state index contributed by atoms with van der Waals surface area (Å²) >= 11 is 1.86. The fraction of sp³-hybridized carbons (Fsp3) is 0. The van der Waals surface area contributed by atoms with Crippen LogP contribution in [0, 0.1) is 0 Å². The SMILES string of the molecule is c1ccc(N(c2ccc3c(c2)oc2ccccc23)c2cccc3sc4cc5ccccc5cc4c23)cc1. The Kier molecular flexibility index (Phi) is 4.42. The highest BCUT2D eigenvalue weighted by Crippen LogP contribution is 2.46. The molecule has 0 unspecified atom stereocenters. The molecule has 0 aliphatic heterocycles. The Morgan fingerprint density at radius 3 is 2.14 bits per heavy atom.